The van der Waals surface area contributed by atoms with E-state index in [2.05, 4.69) is 32.7 Å². The number of anilines is 1. The Labute approximate surface area is 122 Å². The molecular weight excluding hydrogens is 250 g/mol. The quantitative estimate of drug-likeness (QED) is 0.868. The van der Waals surface area contributed by atoms with Gasteiger partial charge in [0.1, 0.15) is 0 Å². The van der Waals surface area contributed by atoms with Crippen molar-refractivity contribution in [3.63, 3.8) is 0 Å². The molecule has 1 amide bonds. The van der Waals surface area contributed by atoms with Gasteiger partial charge in [-0.2, -0.15) is 0 Å². The summed E-state index contributed by atoms with van der Waals surface area (Å²) in [6.45, 7) is 11.1. The van der Waals surface area contributed by atoms with Gasteiger partial charge in [0.05, 0.1) is 23.1 Å². The van der Waals surface area contributed by atoms with Gasteiger partial charge in [0.25, 0.3) is 5.91 Å². The van der Waals surface area contributed by atoms with Gasteiger partial charge in [-0.05, 0) is 31.7 Å². The van der Waals surface area contributed by atoms with Gasteiger partial charge >= 0.3 is 0 Å². The molecule has 1 aromatic heterocycles. The molecule has 4 nitrogen and oxygen atoms in total. The lowest BCUT2D eigenvalue weighted by molar-refractivity contribution is 0.0639. The molecule has 0 atom stereocenters. The molecule has 0 saturated heterocycles. The first-order valence-electron chi connectivity index (χ1n) is 7.43. The molecule has 0 aliphatic rings. The van der Waals surface area contributed by atoms with Crippen molar-refractivity contribution in [3.05, 3.63) is 23.5 Å². The largest absolute Gasteiger partial charge is 0.397 e. The average Bonchev–Trinajstić information content (AvgIpc) is 2.40. The molecule has 20 heavy (non-hydrogen) atoms. The second kappa shape index (κ2) is 7.27. The van der Waals surface area contributed by atoms with Crippen molar-refractivity contribution in [2.45, 2.75) is 53.5 Å². The van der Waals surface area contributed by atoms with E-state index >= 15 is 0 Å². The Kier molecular flexibility index (Phi) is 5.99. The highest BCUT2D eigenvalue weighted by Gasteiger charge is 2.24. The van der Waals surface area contributed by atoms with Gasteiger partial charge in [0, 0.05) is 12.6 Å². The standard InChI is InChI=1S/C16H27N3O/c1-6-14(7-2)19(10-11(3)4)16(20)15-8-13(17)9-18-12(15)5/h8-9,11,14H,6-7,10,17H2,1-5H3. The number of rotatable bonds is 6. The lowest BCUT2D eigenvalue weighted by Crippen LogP contribution is -2.42. The molecule has 0 fully saturated rings. The summed E-state index contributed by atoms with van der Waals surface area (Å²) in [7, 11) is 0. The molecule has 0 aliphatic carbocycles. The number of hydrogen-bond donors (Lipinski definition) is 1. The van der Waals surface area contributed by atoms with Gasteiger partial charge in [-0.1, -0.05) is 27.7 Å². The molecule has 0 bridgehead atoms. The molecule has 0 saturated carbocycles. The first-order valence-corrected chi connectivity index (χ1v) is 7.43. The van der Waals surface area contributed by atoms with Crippen molar-refractivity contribution in [1.29, 1.82) is 0 Å². The summed E-state index contributed by atoms with van der Waals surface area (Å²) >= 11 is 0. The Morgan fingerprint density at radius 1 is 1.35 bits per heavy atom. The van der Waals surface area contributed by atoms with Crippen LogP contribution in [-0.2, 0) is 0 Å². The molecule has 1 rings (SSSR count). The van der Waals surface area contributed by atoms with Gasteiger partial charge in [0.2, 0.25) is 0 Å². The van der Waals surface area contributed by atoms with Crippen LogP contribution in [-0.4, -0.2) is 28.4 Å². The van der Waals surface area contributed by atoms with Crippen LogP contribution < -0.4 is 5.73 Å². The van der Waals surface area contributed by atoms with Gasteiger partial charge in [-0.15, -0.1) is 0 Å². The predicted octanol–water partition coefficient (Wildman–Crippen LogP) is 3.26. The first kappa shape index (κ1) is 16.5. The normalized spacial score (nSPS) is 11.2. The molecule has 0 radical (unpaired) electrons. The fourth-order valence-electron chi connectivity index (χ4n) is 2.44. The van der Waals surface area contributed by atoms with Crippen molar-refractivity contribution in [1.82, 2.24) is 9.88 Å². The van der Waals surface area contributed by atoms with Crippen LogP contribution in [0.1, 0.15) is 56.6 Å². The average molecular weight is 277 g/mol. The highest BCUT2D eigenvalue weighted by atomic mass is 16.2. The van der Waals surface area contributed by atoms with Crippen molar-refractivity contribution in [2.24, 2.45) is 5.92 Å². The molecule has 1 heterocycles. The number of nitrogens with zero attached hydrogens (tertiary/aromatic N) is 2. The number of nitrogen functional groups attached to an aromatic ring is 1. The summed E-state index contributed by atoms with van der Waals surface area (Å²) in [6, 6.07) is 2.01. The minimum Gasteiger partial charge on any atom is -0.397 e. The van der Waals surface area contributed by atoms with Crippen molar-refractivity contribution in [2.75, 3.05) is 12.3 Å². The summed E-state index contributed by atoms with van der Waals surface area (Å²) < 4.78 is 0. The second-order valence-corrected chi connectivity index (χ2v) is 5.72. The first-order chi connectivity index (χ1) is 9.40. The zero-order valence-corrected chi connectivity index (χ0v) is 13.3. The summed E-state index contributed by atoms with van der Waals surface area (Å²) in [5.41, 5.74) is 7.67. The van der Waals surface area contributed by atoms with E-state index in [0.717, 1.165) is 25.1 Å². The van der Waals surface area contributed by atoms with Crippen LogP contribution in [0.3, 0.4) is 0 Å². The summed E-state index contributed by atoms with van der Waals surface area (Å²) in [5, 5.41) is 0. The molecule has 0 aliphatic heterocycles. The lowest BCUT2D eigenvalue weighted by atomic mass is 10.0. The number of amides is 1. The number of hydrogen-bond acceptors (Lipinski definition) is 3. The van der Waals surface area contributed by atoms with E-state index in [-0.39, 0.29) is 11.9 Å². The van der Waals surface area contributed by atoms with E-state index in [9.17, 15) is 4.79 Å². The molecule has 4 heteroatoms. The predicted molar refractivity (Wildman–Crippen MR) is 83.6 cm³/mol. The summed E-state index contributed by atoms with van der Waals surface area (Å²) in [5.74, 6) is 0.485. The molecule has 112 valence electrons. The van der Waals surface area contributed by atoms with Crippen LogP contribution in [0.4, 0.5) is 5.69 Å². The maximum Gasteiger partial charge on any atom is 0.256 e. The SMILES string of the molecule is CCC(CC)N(CC(C)C)C(=O)c1cc(N)cnc1C. The number of carbonyl (C=O) groups excluding carboxylic acids is 1. The van der Waals surface area contributed by atoms with E-state index in [0.29, 0.717) is 17.2 Å². The Morgan fingerprint density at radius 3 is 2.45 bits per heavy atom. The summed E-state index contributed by atoms with van der Waals surface area (Å²) in [4.78, 5) is 19.0. The van der Waals surface area contributed by atoms with Crippen LogP contribution in [0.25, 0.3) is 0 Å². The maximum atomic E-state index is 12.8. The third-order valence-corrected chi connectivity index (χ3v) is 3.54. The van der Waals surface area contributed by atoms with Crippen molar-refractivity contribution < 1.29 is 4.79 Å². The third kappa shape index (κ3) is 3.95. The van der Waals surface area contributed by atoms with E-state index in [1.165, 1.54) is 0 Å². The molecular formula is C16H27N3O. The number of aryl methyl sites for hydroxylation is 1. The minimum absolute atomic E-state index is 0.0460. The third-order valence-electron chi connectivity index (χ3n) is 3.54. The number of pyridine rings is 1. The van der Waals surface area contributed by atoms with Crippen LogP contribution in [0.5, 0.6) is 0 Å². The Hall–Kier alpha value is -1.58. The second-order valence-electron chi connectivity index (χ2n) is 5.72. The van der Waals surface area contributed by atoms with E-state index in [1.54, 1.807) is 12.3 Å². The van der Waals surface area contributed by atoms with E-state index in [4.69, 9.17) is 5.73 Å². The van der Waals surface area contributed by atoms with Gasteiger partial charge in [0.15, 0.2) is 0 Å². The molecule has 0 spiro atoms. The van der Waals surface area contributed by atoms with Gasteiger partial charge < -0.3 is 10.6 Å². The number of nitrogens with two attached hydrogens (primary N) is 1. The lowest BCUT2D eigenvalue weighted by Gasteiger charge is -2.32. The number of carbonyl (C=O) groups is 1. The Balaban J connectivity index is 3.12. The molecule has 1 aromatic rings. The van der Waals surface area contributed by atoms with Crippen molar-refractivity contribution in [3.8, 4) is 0 Å². The number of aromatic nitrogens is 1. The minimum atomic E-state index is 0.0460. The Bertz CT molecular complexity index is 453. The van der Waals surface area contributed by atoms with Crippen molar-refractivity contribution >= 4 is 11.6 Å². The highest BCUT2D eigenvalue weighted by molar-refractivity contribution is 5.96. The Morgan fingerprint density at radius 2 is 1.95 bits per heavy atom. The van der Waals surface area contributed by atoms with Crippen LogP contribution in [0.15, 0.2) is 12.3 Å². The highest BCUT2D eigenvalue weighted by Crippen LogP contribution is 2.18. The molecule has 0 unspecified atom stereocenters. The maximum absolute atomic E-state index is 12.8. The van der Waals surface area contributed by atoms with Gasteiger partial charge in [-0.25, -0.2) is 0 Å². The summed E-state index contributed by atoms with van der Waals surface area (Å²) in [6.07, 6.45) is 3.52. The fraction of sp³-hybridized carbons (Fsp3) is 0.625. The fourth-order valence-corrected chi connectivity index (χ4v) is 2.44. The topological polar surface area (TPSA) is 59.2 Å². The van der Waals surface area contributed by atoms with E-state index < -0.39 is 0 Å². The van der Waals surface area contributed by atoms with Crippen LogP contribution in [0, 0.1) is 12.8 Å². The monoisotopic (exact) mass is 277 g/mol. The zero-order chi connectivity index (χ0) is 15.3. The van der Waals surface area contributed by atoms with Gasteiger partial charge in [-0.3, -0.25) is 9.78 Å². The zero-order valence-electron chi connectivity index (χ0n) is 13.3. The van der Waals surface area contributed by atoms with Crippen LogP contribution in [0.2, 0.25) is 0 Å². The molecule has 0 aromatic carbocycles. The van der Waals surface area contributed by atoms with E-state index in [1.807, 2.05) is 11.8 Å². The van der Waals surface area contributed by atoms with Crippen LogP contribution >= 0.6 is 0 Å². The smallest absolute Gasteiger partial charge is 0.256 e. The molecule has 2 N–H and O–H groups in total.